The molecule has 176 valence electrons. The summed E-state index contributed by atoms with van der Waals surface area (Å²) in [5.74, 6) is 1.10. The highest BCUT2D eigenvalue weighted by molar-refractivity contribution is 7.80. The smallest absolute Gasteiger partial charge is 0.337 e. The van der Waals surface area contributed by atoms with Crippen LogP contribution in [0.3, 0.4) is 0 Å². The van der Waals surface area contributed by atoms with Gasteiger partial charge in [0.2, 0.25) is 0 Å². The first-order chi connectivity index (χ1) is 16.9. The van der Waals surface area contributed by atoms with Crippen LogP contribution < -0.4 is 10.2 Å². The maximum atomic E-state index is 11.8. The fourth-order valence-corrected chi connectivity index (χ4v) is 4.91. The summed E-state index contributed by atoms with van der Waals surface area (Å²) in [6.45, 7) is 4.16. The number of hydrogen-bond acceptors (Lipinski definition) is 5. The fraction of sp³-hybridized carbons (Fsp3) is 0.179. The molecular weight excluding hydrogens is 458 g/mol. The molecule has 2 atom stereocenters. The van der Waals surface area contributed by atoms with Crippen LogP contribution in [-0.2, 0) is 4.74 Å². The summed E-state index contributed by atoms with van der Waals surface area (Å²) in [5, 5.41) is 4.09. The molecule has 5 rings (SSSR count). The Morgan fingerprint density at radius 3 is 2.43 bits per heavy atom. The fourth-order valence-electron chi connectivity index (χ4n) is 4.57. The predicted molar refractivity (Wildman–Crippen MR) is 139 cm³/mol. The van der Waals surface area contributed by atoms with E-state index in [9.17, 15) is 4.79 Å². The summed E-state index contributed by atoms with van der Waals surface area (Å²) < 4.78 is 11.2. The molecule has 0 spiro atoms. The summed E-state index contributed by atoms with van der Waals surface area (Å²) in [7, 11) is 1.37. The van der Waals surface area contributed by atoms with Crippen LogP contribution in [0, 0.1) is 13.8 Å². The van der Waals surface area contributed by atoms with Gasteiger partial charge in [-0.25, -0.2) is 4.79 Å². The Bertz CT molecular complexity index is 1360. The van der Waals surface area contributed by atoms with Gasteiger partial charge in [0.1, 0.15) is 17.6 Å². The highest BCUT2D eigenvalue weighted by Gasteiger charge is 2.42. The largest absolute Gasteiger partial charge is 0.465 e. The molecule has 1 N–H and O–H groups in total. The standard InChI is InChI=1S/C28H25N3O3S/c1-17-14-18(2)16-21(15-17)31-26(25(30-28(31)35)22-6-4-5-13-29-22)24-12-11-23(34-24)19-7-9-20(10-8-19)27(32)33-3/h4-16,25-26H,1-3H3,(H,30,35). The van der Waals surface area contributed by atoms with E-state index in [1.807, 2.05) is 42.5 Å². The lowest BCUT2D eigenvalue weighted by atomic mass is 10.0. The van der Waals surface area contributed by atoms with Gasteiger partial charge < -0.3 is 19.4 Å². The van der Waals surface area contributed by atoms with Crippen molar-refractivity contribution in [1.29, 1.82) is 0 Å². The number of benzene rings is 2. The molecule has 0 aliphatic carbocycles. The molecule has 35 heavy (non-hydrogen) atoms. The molecule has 1 aliphatic rings. The summed E-state index contributed by atoms with van der Waals surface area (Å²) in [6, 6.07) is 22.9. The average Bonchev–Trinajstić information content (AvgIpc) is 3.48. The molecule has 1 fully saturated rings. The van der Waals surface area contributed by atoms with Gasteiger partial charge in [-0.3, -0.25) is 4.98 Å². The Labute approximate surface area is 209 Å². The minimum atomic E-state index is -0.371. The highest BCUT2D eigenvalue weighted by Crippen LogP contribution is 2.43. The molecule has 6 nitrogen and oxygen atoms in total. The van der Waals surface area contributed by atoms with Crippen LogP contribution in [0.1, 0.15) is 45.0 Å². The number of furan rings is 1. The topological polar surface area (TPSA) is 67.6 Å². The number of pyridine rings is 1. The number of anilines is 1. The summed E-state index contributed by atoms with van der Waals surface area (Å²) >= 11 is 5.82. The maximum absolute atomic E-state index is 11.8. The van der Waals surface area contributed by atoms with Crippen molar-refractivity contribution in [2.75, 3.05) is 12.0 Å². The average molecular weight is 484 g/mol. The van der Waals surface area contributed by atoms with Gasteiger partial charge in [0.15, 0.2) is 5.11 Å². The number of carbonyl (C=O) groups excluding carboxylic acids is 1. The molecular formula is C28H25N3O3S. The van der Waals surface area contributed by atoms with Crippen LogP contribution in [0.2, 0.25) is 0 Å². The Balaban J connectivity index is 1.56. The molecule has 1 aliphatic heterocycles. The first-order valence-electron chi connectivity index (χ1n) is 11.3. The minimum absolute atomic E-state index is 0.190. The van der Waals surface area contributed by atoms with Gasteiger partial charge in [0, 0.05) is 17.4 Å². The lowest BCUT2D eigenvalue weighted by Gasteiger charge is -2.26. The molecule has 2 aromatic heterocycles. The highest BCUT2D eigenvalue weighted by atomic mass is 32.1. The zero-order valence-corrected chi connectivity index (χ0v) is 20.5. The Kier molecular flexibility index (Phi) is 6.09. The van der Waals surface area contributed by atoms with E-state index in [2.05, 4.69) is 47.2 Å². The van der Waals surface area contributed by atoms with Crippen LogP contribution in [0.25, 0.3) is 11.3 Å². The molecule has 0 bridgehead atoms. The normalized spacial score (nSPS) is 17.3. The van der Waals surface area contributed by atoms with Crippen LogP contribution in [-0.4, -0.2) is 23.2 Å². The Morgan fingerprint density at radius 2 is 1.77 bits per heavy atom. The van der Waals surface area contributed by atoms with E-state index < -0.39 is 0 Å². The van der Waals surface area contributed by atoms with E-state index in [1.165, 1.54) is 7.11 Å². The number of esters is 1. The van der Waals surface area contributed by atoms with Gasteiger partial charge in [-0.1, -0.05) is 24.3 Å². The number of nitrogens with one attached hydrogen (secondary N) is 1. The number of carbonyl (C=O) groups is 1. The van der Waals surface area contributed by atoms with E-state index in [0.29, 0.717) is 16.4 Å². The number of aromatic nitrogens is 1. The molecule has 7 heteroatoms. The van der Waals surface area contributed by atoms with E-state index >= 15 is 0 Å². The predicted octanol–water partition coefficient (Wildman–Crippen LogP) is 5.92. The molecule has 3 heterocycles. The molecule has 4 aromatic rings. The van der Waals surface area contributed by atoms with Gasteiger partial charge in [-0.05, 0) is 85.7 Å². The number of hydrogen-bond donors (Lipinski definition) is 1. The Morgan fingerprint density at radius 1 is 1.03 bits per heavy atom. The number of rotatable bonds is 5. The number of ether oxygens (including phenoxy) is 1. The molecule has 2 unspecified atom stereocenters. The van der Waals surface area contributed by atoms with E-state index in [4.69, 9.17) is 21.4 Å². The third-order valence-corrected chi connectivity index (χ3v) is 6.41. The second kappa shape index (κ2) is 9.35. The first-order valence-corrected chi connectivity index (χ1v) is 11.7. The van der Waals surface area contributed by atoms with Gasteiger partial charge in [-0.15, -0.1) is 0 Å². The summed E-state index contributed by atoms with van der Waals surface area (Å²) in [6.07, 6.45) is 1.78. The SMILES string of the molecule is COC(=O)c1ccc(-c2ccc(C3C(c4ccccn4)NC(=S)N3c3cc(C)cc(C)c3)o2)cc1. The van der Waals surface area contributed by atoms with Crippen molar-refractivity contribution in [3.8, 4) is 11.3 Å². The third kappa shape index (κ3) is 4.42. The first kappa shape index (κ1) is 22.8. The number of thiocarbonyl (C=S) groups is 1. The van der Waals surface area contributed by atoms with Gasteiger partial charge >= 0.3 is 5.97 Å². The van der Waals surface area contributed by atoms with Crippen molar-refractivity contribution < 1.29 is 13.9 Å². The Hall–Kier alpha value is -3.97. The second-order valence-electron chi connectivity index (χ2n) is 8.61. The molecule has 0 amide bonds. The number of methoxy groups -OCH3 is 1. The zero-order chi connectivity index (χ0) is 24.5. The van der Waals surface area contributed by atoms with Crippen LogP contribution in [0.15, 0.2) is 83.4 Å². The van der Waals surface area contributed by atoms with E-state index in [0.717, 1.165) is 33.8 Å². The van der Waals surface area contributed by atoms with Gasteiger partial charge in [-0.2, -0.15) is 0 Å². The van der Waals surface area contributed by atoms with E-state index in [1.54, 1.807) is 18.3 Å². The third-order valence-electron chi connectivity index (χ3n) is 6.09. The van der Waals surface area contributed by atoms with Crippen LogP contribution in [0.4, 0.5) is 5.69 Å². The van der Waals surface area contributed by atoms with Crippen LogP contribution in [0.5, 0.6) is 0 Å². The lowest BCUT2D eigenvalue weighted by Crippen LogP contribution is -2.29. The monoisotopic (exact) mass is 483 g/mol. The number of nitrogens with zero attached hydrogens (tertiary/aromatic N) is 2. The van der Waals surface area contributed by atoms with Crippen LogP contribution >= 0.6 is 12.2 Å². The molecule has 2 aromatic carbocycles. The van der Waals surface area contributed by atoms with E-state index in [-0.39, 0.29) is 18.1 Å². The lowest BCUT2D eigenvalue weighted by molar-refractivity contribution is 0.0600. The summed E-state index contributed by atoms with van der Waals surface area (Å²) in [4.78, 5) is 18.5. The maximum Gasteiger partial charge on any atom is 0.337 e. The zero-order valence-electron chi connectivity index (χ0n) is 19.7. The molecule has 0 radical (unpaired) electrons. The van der Waals surface area contributed by atoms with Crippen molar-refractivity contribution in [2.24, 2.45) is 0 Å². The van der Waals surface area contributed by atoms with Crippen molar-refractivity contribution in [3.05, 3.63) is 107 Å². The number of aryl methyl sites for hydroxylation is 2. The van der Waals surface area contributed by atoms with Crippen molar-refractivity contribution in [3.63, 3.8) is 0 Å². The van der Waals surface area contributed by atoms with Crippen molar-refractivity contribution >= 4 is 29.0 Å². The van der Waals surface area contributed by atoms with Crippen molar-refractivity contribution in [1.82, 2.24) is 10.3 Å². The van der Waals surface area contributed by atoms with Gasteiger partial charge in [0.25, 0.3) is 0 Å². The molecule has 0 saturated carbocycles. The second-order valence-corrected chi connectivity index (χ2v) is 9.00. The molecule has 1 saturated heterocycles. The summed E-state index contributed by atoms with van der Waals surface area (Å²) in [5.41, 5.74) is 5.56. The van der Waals surface area contributed by atoms with Crippen molar-refractivity contribution in [2.45, 2.75) is 25.9 Å². The van der Waals surface area contributed by atoms with Gasteiger partial charge in [0.05, 0.1) is 24.4 Å². The quantitative estimate of drug-likeness (QED) is 0.279. The minimum Gasteiger partial charge on any atom is -0.465 e.